The minimum atomic E-state index is -0.411. The van der Waals surface area contributed by atoms with Gasteiger partial charge in [0, 0.05) is 0 Å². The maximum Gasteiger partial charge on any atom is 0.345 e. The van der Waals surface area contributed by atoms with Gasteiger partial charge in [-0.25, -0.2) is 4.79 Å². The molecule has 4 nitrogen and oxygen atoms in total. The molecule has 0 spiro atoms. The predicted octanol–water partition coefficient (Wildman–Crippen LogP) is 5.85. The summed E-state index contributed by atoms with van der Waals surface area (Å²) in [5.74, 6) is 0.566. The molecule has 4 heteroatoms. The second-order valence-corrected chi connectivity index (χ2v) is 8.77. The van der Waals surface area contributed by atoms with Gasteiger partial charge in [0.2, 0.25) is 0 Å². The van der Waals surface area contributed by atoms with E-state index in [9.17, 15) is 4.79 Å². The van der Waals surface area contributed by atoms with Crippen LogP contribution < -0.4 is 0 Å². The molecule has 0 fully saturated rings. The van der Waals surface area contributed by atoms with Crippen LogP contribution in [0.5, 0.6) is 0 Å². The van der Waals surface area contributed by atoms with E-state index < -0.39 is 5.60 Å². The van der Waals surface area contributed by atoms with Gasteiger partial charge < -0.3 is 0 Å². The van der Waals surface area contributed by atoms with Gasteiger partial charge in [-0.2, -0.15) is 4.89 Å². The number of rotatable bonds is 11. The second kappa shape index (κ2) is 10.3. The highest BCUT2D eigenvalue weighted by Gasteiger charge is 2.26. The molecular weight excluding hydrogens is 292 g/mol. The van der Waals surface area contributed by atoms with E-state index in [2.05, 4.69) is 41.5 Å². The van der Waals surface area contributed by atoms with Gasteiger partial charge in [0.25, 0.3) is 0 Å². The first-order valence-corrected chi connectivity index (χ1v) is 9.02. The minimum absolute atomic E-state index is 0.203. The Hall–Kier alpha value is -0.610. The van der Waals surface area contributed by atoms with Gasteiger partial charge in [0.05, 0.1) is 6.42 Å². The van der Waals surface area contributed by atoms with E-state index in [0.29, 0.717) is 12.3 Å². The highest BCUT2D eigenvalue weighted by molar-refractivity contribution is 5.68. The molecule has 0 rings (SSSR count). The third kappa shape index (κ3) is 12.5. The molecule has 0 aromatic rings. The molecule has 0 aromatic heterocycles. The Kier molecular flexibility index (Phi) is 10.0. The maximum atomic E-state index is 11.8. The maximum absolute atomic E-state index is 11.8. The lowest BCUT2D eigenvalue weighted by Gasteiger charge is -2.26. The number of carbonyl (C=O) groups excluding carboxylic acids is 1. The lowest BCUT2D eigenvalue weighted by Crippen LogP contribution is -2.29. The van der Waals surface area contributed by atoms with Crippen molar-refractivity contribution in [3.63, 3.8) is 0 Å². The van der Waals surface area contributed by atoms with Gasteiger partial charge in [0.1, 0.15) is 5.60 Å². The molecule has 0 aliphatic carbocycles. The zero-order valence-electron chi connectivity index (χ0n) is 16.5. The van der Waals surface area contributed by atoms with E-state index in [-0.39, 0.29) is 17.3 Å². The van der Waals surface area contributed by atoms with Crippen LogP contribution in [0.15, 0.2) is 0 Å². The molecule has 0 N–H and O–H groups in total. The van der Waals surface area contributed by atoms with Gasteiger partial charge in [-0.05, 0) is 48.5 Å². The molecule has 0 bridgehead atoms. The van der Waals surface area contributed by atoms with Crippen LogP contribution in [0.4, 0.5) is 0 Å². The molecule has 0 saturated heterocycles. The first kappa shape index (κ1) is 22.4. The quantitative estimate of drug-likeness (QED) is 0.352. The Bertz CT molecular complexity index is 333. The molecule has 0 aliphatic heterocycles. The number of hydrogen-bond acceptors (Lipinski definition) is 4. The van der Waals surface area contributed by atoms with Crippen molar-refractivity contribution >= 4 is 5.97 Å². The summed E-state index contributed by atoms with van der Waals surface area (Å²) < 4.78 is 0. The summed E-state index contributed by atoms with van der Waals surface area (Å²) in [6, 6.07) is 0. The Labute approximate surface area is 143 Å². The monoisotopic (exact) mass is 330 g/mol. The first-order chi connectivity index (χ1) is 10.5. The van der Waals surface area contributed by atoms with Crippen molar-refractivity contribution in [2.75, 3.05) is 0 Å². The summed E-state index contributed by atoms with van der Waals surface area (Å²) in [6.07, 6.45) is 5.23. The fourth-order valence-corrected chi connectivity index (χ4v) is 2.73. The number of hydrogen-bond donors (Lipinski definition) is 0. The second-order valence-electron chi connectivity index (χ2n) is 8.77. The van der Waals surface area contributed by atoms with Crippen LogP contribution in [0.25, 0.3) is 0 Å². The van der Waals surface area contributed by atoms with E-state index in [1.165, 1.54) is 0 Å². The van der Waals surface area contributed by atoms with Gasteiger partial charge >= 0.3 is 5.97 Å². The van der Waals surface area contributed by atoms with Crippen molar-refractivity contribution < 1.29 is 19.6 Å². The van der Waals surface area contributed by atoms with Crippen LogP contribution in [-0.4, -0.2) is 11.6 Å². The highest BCUT2D eigenvalue weighted by atomic mass is 17.5. The number of carbonyl (C=O) groups is 1. The van der Waals surface area contributed by atoms with Crippen LogP contribution in [0, 0.1) is 17.3 Å². The molecule has 0 aromatic carbocycles. The molecule has 138 valence electrons. The Morgan fingerprint density at radius 2 is 1.70 bits per heavy atom. The lowest BCUT2D eigenvalue weighted by molar-refractivity contribution is -0.520. The van der Waals surface area contributed by atoms with Crippen LogP contribution in [0.1, 0.15) is 93.9 Å². The molecule has 0 amide bonds. The molecule has 0 radical (unpaired) electrons. The van der Waals surface area contributed by atoms with Crippen LogP contribution >= 0.6 is 0 Å². The van der Waals surface area contributed by atoms with E-state index in [0.717, 1.165) is 32.1 Å². The minimum Gasteiger partial charge on any atom is -0.269 e. The van der Waals surface area contributed by atoms with Crippen molar-refractivity contribution in [2.45, 2.75) is 99.5 Å². The zero-order valence-corrected chi connectivity index (χ0v) is 16.5. The molecule has 0 saturated carbocycles. The van der Waals surface area contributed by atoms with Gasteiger partial charge in [0.15, 0.2) is 0 Å². The lowest BCUT2D eigenvalue weighted by atomic mass is 9.84. The van der Waals surface area contributed by atoms with Crippen LogP contribution in [0.2, 0.25) is 0 Å². The summed E-state index contributed by atoms with van der Waals surface area (Å²) in [4.78, 5) is 22.0. The Morgan fingerprint density at radius 1 is 1.09 bits per heavy atom. The van der Waals surface area contributed by atoms with Crippen molar-refractivity contribution in [3.8, 4) is 0 Å². The summed E-state index contributed by atoms with van der Waals surface area (Å²) in [5, 5.41) is 4.79. The summed E-state index contributed by atoms with van der Waals surface area (Å²) in [7, 11) is 0. The molecule has 0 aliphatic rings. The molecule has 2 unspecified atom stereocenters. The zero-order chi connectivity index (χ0) is 18.1. The normalized spacial score (nSPS) is 16.2. The van der Waals surface area contributed by atoms with Crippen molar-refractivity contribution in [3.05, 3.63) is 0 Å². The van der Waals surface area contributed by atoms with Crippen LogP contribution in [-0.2, 0) is 19.6 Å². The first-order valence-electron chi connectivity index (χ1n) is 9.02. The standard InChI is InChI=1S/C19H38O4/c1-9-19(8,12-10-11-15(2)3)22-23-21-17(20)13-16(4)14-18(5,6)7/h15-16H,9-14H2,1-8H3. The average Bonchev–Trinajstić information content (AvgIpc) is 2.35. The van der Waals surface area contributed by atoms with E-state index in [4.69, 9.17) is 14.8 Å². The summed E-state index contributed by atoms with van der Waals surface area (Å²) in [5.41, 5.74) is -0.208. The third-order valence-corrected chi connectivity index (χ3v) is 4.07. The fraction of sp³-hybridized carbons (Fsp3) is 0.947. The third-order valence-electron chi connectivity index (χ3n) is 4.07. The smallest absolute Gasteiger partial charge is 0.269 e. The topological polar surface area (TPSA) is 44.8 Å². The molecule has 23 heavy (non-hydrogen) atoms. The van der Waals surface area contributed by atoms with E-state index in [1.54, 1.807) is 0 Å². The molecule has 0 heterocycles. The van der Waals surface area contributed by atoms with E-state index >= 15 is 0 Å². The van der Waals surface area contributed by atoms with E-state index in [1.807, 2.05) is 13.8 Å². The largest absolute Gasteiger partial charge is 0.345 e. The average molecular weight is 331 g/mol. The summed E-state index contributed by atoms with van der Waals surface area (Å²) in [6.45, 7) is 17.0. The summed E-state index contributed by atoms with van der Waals surface area (Å²) >= 11 is 0. The SMILES string of the molecule is CCC(C)(CCCC(C)C)OOOC(=O)CC(C)CC(C)(C)C. The van der Waals surface area contributed by atoms with Crippen LogP contribution in [0.3, 0.4) is 0 Å². The van der Waals surface area contributed by atoms with Gasteiger partial charge in [-0.1, -0.05) is 61.3 Å². The molecular formula is C19H38O4. The van der Waals surface area contributed by atoms with Crippen molar-refractivity contribution in [1.82, 2.24) is 0 Å². The van der Waals surface area contributed by atoms with Gasteiger partial charge in [-0.15, -0.1) is 0 Å². The van der Waals surface area contributed by atoms with Crippen molar-refractivity contribution in [1.29, 1.82) is 0 Å². The Balaban J connectivity index is 4.07. The van der Waals surface area contributed by atoms with Crippen molar-refractivity contribution in [2.24, 2.45) is 17.3 Å². The fourth-order valence-electron chi connectivity index (χ4n) is 2.73. The predicted molar refractivity (Wildman–Crippen MR) is 93.5 cm³/mol. The highest BCUT2D eigenvalue weighted by Crippen LogP contribution is 2.27. The Morgan fingerprint density at radius 3 is 2.17 bits per heavy atom. The molecule has 2 atom stereocenters. The van der Waals surface area contributed by atoms with Gasteiger partial charge in [-0.3, -0.25) is 4.89 Å².